The molecule has 1 atom stereocenters. The number of phenols is 1. The molecule has 0 radical (unpaired) electrons. The first-order valence-electron chi connectivity index (χ1n) is 5.37. The summed E-state index contributed by atoms with van der Waals surface area (Å²) < 4.78 is 4.92. The molecule has 6 heteroatoms. The van der Waals surface area contributed by atoms with Crippen LogP contribution in [-0.4, -0.2) is 16.0 Å². The van der Waals surface area contributed by atoms with Crippen molar-refractivity contribution in [3.8, 4) is 5.75 Å². The highest BCUT2D eigenvalue weighted by Gasteiger charge is 2.15. The van der Waals surface area contributed by atoms with Gasteiger partial charge in [0, 0.05) is 0 Å². The molecule has 1 amide bonds. The Balaban J connectivity index is 2.05. The van der Waals surface area contributed by atoms with E-state index in [9.17, 15) is 9.90 Å². The SMILES string of the molecule is C[C@H](NC(=O)c1cnc(N)o1)c1ccc(O)cc1. The number of nitrogens with two attached hydrogens (primary N) is 1. The molecule has 0 unspecified atom stereocenters. The van der Waals surface area contributed by atoms with Gasteiger partial charge in [-0.1, -0.05) is 12.1 Å². The van der Waals surface area contributed by atoms with Gasteiger partial charge in [0.2, 0.25) is 5.76 Å². The lowest BCUT2D eigenvalue weighted by molar-refractivity contribution is 0.0913. The highest BCUT2D eigenvalue weighted by Crippen LogP contribution is 2.17. The van der Waals surface area contributed by atoms with E-state index in [-0.39, 0.29) is 29.5 Å². The second-order valence-electron chi connectivity index (χ2n) is 3.85. The first kappa shape index (κ1) is 12.0. The molecule has 18 heavy (non-hydrogen) atoms. The van der Waals surface area contributed by atoms with Crippen molar-refractivity contribution in [3.63, 3.8) is 0 Å². The molecule has 0 bridgehead atoms. The second kappa shape index (κ2) is 4.79. The molecule has 0 aliphatic rings. The minimum Gasteiger partial charge on any atom is -0.508 e. The number of carbonyl (C=O) groups excluding carboxylic acids is 1. The third-order valence-corrected chi connectivity index (χ3v) is 2.49. The van der Waals surface area contributed by atoms with Gasteiger partial charge in [0.1, 0.15) is 5.75 Å². The van der Waals surface area contributed by atoms with Gasteiger partial charge in [-0.15, -0.1) is 0 Å². The van der Waals surface area contributed by atoms with Gasteiger partial charge in [-0.2, -0.15) is 0 Å². The van der Waals surface area contributed by atoms with E-state index in [0.717, 1.165) is 5.56 Å². The predicted molar refractivity (Wildman–Crippen MR) is 64.9 cm³/mol. The van der Waals surface area contributed by atoms with E-state index in [1.807, 2.05) is 6.92 Å². The summed E-state index contributed by atoms with van der Waals surface area (Å²) in [5, 5.41) is 11.9. The van der Waals surface area contributed by atoms with E-state index in [0.29, 0.717) is 0 Å². The number of hydrogen-bond donors (Lipinski definition) is 3. The Bertz CT molecular complexity index is 548. The van der Waals surface area contributed by atoms with Crippen LogP contribution in [0, 0.1) is 0 Å². The third kappa shape index (κ3) is 2.60. The fourth-order valence-corrected chi connectivity index (χ4v) is 1.51. The van der Waals surface area contributed by atoms with Gasteiger partial charge < -0.3 is 20.6 Å². The summed E-state index contributed by atoms with van der Waals surface area (Å²) in [6, 6.07) is 6.32. The maximum atomic E-state index is 11.8. The fourth-order valence-electron chi connectivity index (χ4n) is 1.51. The molecule has 2 rings (SSSR count). The normalized spacial score (nSPS) is 12.1. The molecule has 94 valence electrons. The summed E-state index contributed by atoms with van der Waals surface area (Å²) in [7, 11) is 0. The topological polar surface area (TPSA) is 101 Å². The molecule has 1 heterocycles. The number of amides is 1. The average Bonchev–Trinajstić information content (AvgIpc) is 2.76. The molecule has 0 aliphatic heterocycles. The molecule has 0 saturated carbocycles. The van der Waals surface area contributed by atoms with Crippen LogP contribution in [0.25, 0.3) is 0 Å². The molecule has 6 nitrogen and oxygen atoms in total. The summed E-state index contributed by atoms with van der Waals surface area (Å²) in [5.74, 6) is -0.141. The number of hydrogen-bond acceptors (Lipinski definition) is 5. The zero-order valence-corrected chi connectivity index (χ0v) is 9.75. The van der Waals surface area contributed by atoms with Gasteiger partial charge >= 0.3 is 0 Å². The van der Waals surface area contributed by atoms with E-state index in [4.69, 9.17) is 10.2 Å². The van der Waals surface area contributed by atoms with Crippen molar-refractivity contribution < 1.29 is 14.3 Å². The van der Waals surface area contributed by atoms with Crippen molar-refractivity contribution in [2.45, 2.75) is 13.0 Å². The van der Waals surface area contributed by atoms with Gasteiger partial charge in [-0.05, 0) is 24.6 Å². The number of carbonyl (C=O) groups is 1. The number of phenolic OH excluding ortho intramolecular Hbond substituents is 1. The number of nitrogens with zero attached hydrogens (tertiary/aromatic N) is 1. The van der Waals surface area contributed by atoms with Gasteiger partial charge in [0.05, 0.1) is 12.2 Å². The average molecular weight is 247 g/mol. The Kier molecular flexibility index (Phi) is 3.18. The van der Waals surface area contributed by atoms with E-state index < -0.39 is 0 Å². The van der Waals surface area contributed by atoms with Crippen molar-refractivity contribution in [3.05, 3.63) is 41.8 Å². The molecule has 0 fully saturated rings. The number of rotatable bonds is 3. The lowest BCUT2D eigenvalue weighted by Crippen LogP contribution is -2.26. The quantitative estimate of drug-likeness (QED) is 0.762. The number of aromatic nitrogens is 1. The fraction of sp³-hybridized carbons (Fsp3) is 0.167. The summed E-state index contributed by atoms with van der Waals surface area (Å²) in [6.45, 7) is 1.82. The molecule has 2 aromatic rings. The number of nitrogens with one attached hydrogen (secondary N) is 1. The Labute approximate surface area is 103 Å². The largest absolute Gasteiger partial charge is 0.508 e. The molecular formula is C12H13N3O3. The highest BCUT2D eigenvalue weighted by atomic mass is 16.4. The first-order chi connectivity index (χ1) is 8.56. The Morgan fingerprint density at radius 1 is 1.44 bits per heavy atom. The molecule has 0 saturated heterocycles. The zero-order chi connectivity index (χ0) is 13.1. The number of oxazole rings is 1. The number of benzene rings is 1. The van der Waals surface area contributed by atoms with Crippen LogP contribution in [0.1, 0.15) is 29.1 Å². The molecule has 0 aliphatic carbocycles. The molecule has 1 aromatic heterocycles. The van der Waals surface area contributed by atoms with Crippen LogP contribution in [0.3, 0.4) is 0 Å². The monoisotopic (exact) mass is 247 g/mol. The number of nitrogen functional groups attached to an aromatic ring is 1. The Hall–Kier alpha value is -2.50. The van der Waals surface area contributed by atoms with Gasteiger partial charge in [-0.25, -0.2) is 4.98 Å². The summed E-state index contributed by atoms with van der Waals surface area (Å²) >= 11 is 0. The second-order valence-corrected chi connectivity index (χ2v) is 3.85. The van der Waals surface area contributed by atoms with E-state index in [2.05, 4.69) is 10.3 Å². The molecule has 1 aromatic carbocycles. The van der Waals surface area contributed by atoms with Crippen molar-refractivity contribution >= 4 is 11.9 Å². The van der Waals surface area contributed by atoms with Crippen molar-refractivity contribution in [2.24, 2.45) is 0 Å². The minimum atomic E-state index is -0.389. The van der Waals surface area contributed by atoms with E-state index in [1.165, 1.54) is 6.20 Å². The van der Waals surface area contributed by atoms with Crippen LogP contribution in [0.5, 0.6) is 5.75 Å². The Morgan fingerprint density at radius 3 is 2.67 bits per heavy atom. The molecule has 4 N–H and O–H groups in total. The smallest absolute Gasteiger partial charge is 0.292 e. The standard InChI is InChI=1S/C12H13N3O3/c1-7(8-2-4-9(16)5-3-8)15-11(17)10-6-14-12(13)18-10/h2-7,16H,1H3,(H2,13,14)(H,15,17)/t7-/m0/s1. The van der Waals surface area contributed by atoms with Crippen LogP contribution < -0.4 is 11.1 Å². The minimum absolute atomic E-state index is 0.0440. The van der Waals surface area contributed by atoms with Crippen molar-refractivity contribution in [2.75, 3.05) is 5.73 Å². The number of aromatic hydroxyl groups is 1. The van der Waals surface area contributed by atoms with Gasteiger partial charge in [-0.3, -0.25) is 4.79 Å². The Morgan fingerprint density at radius 2 is 2.11 bits per heavy atom. The first-order valence-corrected chi connectivity index (χ1v) is 5.37. The zero-order valence-electron chi connectivity index (χ0n) is 9.75. The van der Waals surface area contributed by atoms with Crippen LogP contribution in [0.15, 0.2) is 34.9 Å². The number of anilines is 1. The van der Waals surface area contributed by atoms with Crippen LogP contribution in [-0.2, 0) is 0 Å². The lowest BCUT2D eigenvalue weighted by atomic mass is 10.1. The predicted octanol–water partition coefficient (Wildman–Crippen LogP) is 1.45. The highest BCUT2D eigenvalue weighted by molar-refractivity contribution is 5.91. The summed E-state index contributed by atoms with van der Waals surface area (Å²) in [5.41, 5.74) is 6.16. The van der Waals surface area contributed by atoms with Crippen LogP contribution in [0.4, 0.5) is 6.01 Å². The van der Waals surface area contributed by atoms with Crippen molar-refractivity contribution in [1.29, 1.82) is 0 Å². The van der Waals surface area contributed by atoms with Gasteiger partial charge in [0.15, 0.2) is 0 Å². The van der Waals surface area contributed by atoms with Crippen LogP contribution in [0.2, 0.25) is 0 Å². The van der Waals surface area contributed by atoms with E-state index >= 15 is 0 Å². The van der Waals surface area contributed by atoms with E-state index in [1.54, 1.807) is 24.3 Å². The third-order valence-electron chi connectivity index (χ3n) is 2.49. The lowest BCUT2D eigenvalue weighted by Gasteiger charge is -2.13. The van der Waals surface area contributed by atoms with Gasteiger partial charge in [0.25, 0.3) is 11.9 Å². The van der Waals surface area contributed by atoms with Crippen LogP contribution >= 0.6 is 0 Å². The summed E-state index contributed by atoms with van der Waals surface area (Å²) in [6.07, 6.45) is 1.27. The maximum Gasteiger partial charge on any atom is 0.292 e. The van der Waals surface area contributed by atoms with Crippen molar-refractivity contribution in [1.82, 2.24) is 10.3 Å². The molecular weight excluding hydrogens is 234 g/mol. The molecule has 0 spiro atoms. The summed E-state index contributed by atoms with van der Waals surface area (Å²) in [4.78, 5) is 15.4. The maximum absolute atomic E-state index is 11.8.